The molecular weight excluding hydrogens is 480 g/mol. The summed E-state index contributed by atoms with van der Waals surface area (Å²) in [5, 5.41) is 0. The van der Waals surface area contributed by atoms with Crippen LogP contribution in [0.4, 0.5) is 0 Å². The topological polar surface area (TPSA) is 86.7 Å². The minimum Gasteiger partial charge on any atom is -0.427 e. The summed E-state index contributed by atoms with van der Waals surface area (Å²) in [7, 11) is 0. The molecule has 38 heavy (non-hydrogen) atoms. The number of esters is 2. The molecule has 0 saturated carbocycles. The number of rotatable bonds is 17. The first kappa shape index (κ1) is 30.9. The van der Waals surface area contributed by atoms with Gasteiger partial charge < -0.3 is 9.47 Å². The first-order chi connectivity index (χ1) is 18.0. The lowest BCUT2D eigenvalue weighted by molar-refractivity contribution is -0.144. The molecule has 0 atom stereocenters. The molecule has 0 heterocycles. The highest BCUT2D eigenvalue weighted by atomic mass is 16.5. The number of ketones is 2. The van der Waals surface area contributed by atoms with Crippen LogP contribution in [0.3, 0.4) is 0 Å². The second kappa shape index (κ2) is 15.2. The quantitative estimate of drug-likeness (QED) is 0.160. The third-order valence-corrected chi connectivity index (χ3v) is 6.58. The predicted octanol–water partition coefficient (Wildman–Crippen LogP) is 7.29. The molecule has 2 rings (SSSR count). The predicted molar refractivity (Wildman–Crippen MR) is 148 cm³/mol. The zero-order valence-corrected chi connectivity index (χ0v) is 23.3. The second-order valence-electron chi connectivity index (χ2n) is 11.4. The van der Waals surface area contributed by atoms with Crippen molar-refractivity contribution < 1.29 is 28.7 Å². The number of benzene rings is 2. The summed E-state index contributed by atoms with van der Waals surface area (Å²) < 4.78 is 10.8. The lowest BCUT2D eigenvalue weighted by Crippen LogP contribution is -2.29. The maximum atomic E-state index is 12.5. The Labute approximate surface area is 227 Å². The molecule has 6 heteroatoms. The lowest BCUT2D eigenvalue weighted by Gasteiger charge is -2.23. The van der Waals surface area contributed by atoms with Gasteiger partial charge in [-0.2, -0.15) is 0 Å². The third kappa shape index (κ3) is 12.3. The Morgan fingerprint density at radius 1 is 0.605 bits per heavy atom. The van der Waals surface area contributed by atoms with Crippen molar-refractivity contribution in [2.24, 2.45) is 10.8 Å². The summed E-state index contributed by atoms with van der Waals surface area (Å²) in [6.07, 6.45) is 5.02. The maximum Gasteiger partial charge on any atom is 0.316 e. The zero-order chi connectivity index (χ0) is 28.0. The second-order valence-corrected chi connectivity index (χ2v) is 11.4. The summed E-state index contributed by atoms with van der Waals surface area (Å²) in [4.78, 5) is 49.3. The van der Waals surface area contributed by atoms with Crippen LogP contribution in [0, 0.1) is 10.8 Å². The van der Waals surface area contributed by atoms with E-state index in [9.17, 15) is 19.2 Å². The van der Waals surface area contributed by atoms with E-state index in [4.69, 9.17) is 9.47 Å². The molecule has 0 bridgehead atoms. The van der Waals surface area contributed by atoms with Crippen molar-refractivity contribution in [3.8, 4) is 11.5 Å². The number of para-hydroxylation sites is 2. The van der Waals surface area contributed by atoms with Crippen molar-refractivity contribution >= 4 is 23.5 Å². The fourth-order valence-corrected chi connectivity index (χ4v) is 4.20. The summed E-state index contributed by atoms with van der Waals surface area (Å²) in [6, 6.07) is 18.0. The number of hydrogen-bond donors (Lipinski definition) is 0. The van der Waals surface area contributed by atoms with Gasteiger partial charge in [0.05, 0.1) is 11.8 Å². The van der Waals surface area contributed by atoms with Gasteiger partial charge in [0.2, 0.25) is 0 Å². The Morgan fingerprint density at radius 3 is 1.58 bits per heavy atom. The van der Waals surface area contributed by atoms with E-state index in [0.29, 0.717) is 62.9 Å². The zero-order valence-electron chi connectivity index (χ0n) is 23.3. The van der Waals surface area contributed by atoms with Crippen LogP contribution >= 0.6 is 0 Å². The molecule has 0 aliphatic rings. The highest BCUT2D eigenvalue weighted by molar-refractivity contribution is 5.81. The molecule has 0 radical (unpaired) electrons. The van der Waals surface area contributed by atoms with Gasteiger partial charge in [0.15, 0.2) is 0 Å². The van der Waals surface area contributed by atoms with Crippen molar-refractivity contribution in [3.63, 3.8) is 0 Å². The molecule has 0 fully saturated rings. The maximum absolute atomic E-state index is 12.5. The van der Waals surface area contributed by atoms with Gasteiger partial charge in [-0.25, -0.2) is 0 Å². The van der Waals surface area contributed by atoms with Gasteiger partial charge in [-0.15, -0.1) is 0 Å². The van der Waals surface area contributed by atoms with Crippen LogP contribution in [0.1, 0.15) is 91.9 Å². The monoisotopic (exact) mass is 522 g/mol. The van der Waals surface area contributed by atoms with E-state index >= 15 is 0 Å². The summed E-state index contributed by atoms with van der Waals surface area (Å²) in [6.45, 7) is 7.67. The van der Waals surface area contributed by atoms with E-state index in [1.54, 1.807) is 24.3 Å². The Morgan fingerprint density at radius 2 is 1.05 bits per heavy atom. The van der Waals surface area contributed by atoms with Crippen LogP contribution in [-0.2, 0) is 19.2 Å². The van der Waals surface area contributed by atoms with Crippen LogP contribution in [-0.4, -0.2) is 23.5 Å². The highest BCUT2D eigenvalue weighted by Gasteiger charge is 2.29. The molecule has 0 unspecified atom stereocenters. The molecule has 0 aliphatic heterocycles. The van der Waals surface area contributed by atoms with Crippen molar-refractivity contribution in [1.29, 1.82) is 0 Å². The molecular formula is C32H42O6. The van der Waals surface area contributed by atoms with Crippen LogP contribution < -0.4 is 9.47 Å². The van der Waals surface area contributed by atoms with E-state index in [1.807, 2.05) is 64.1 Å². The van der Waals surface area contributed by atoms with E-state index in [2.05, 4.69) is 0 Å². The first-order valence-electron chi connectivity index (χ1n) is 13.5. The molecule has 0 amide bonds. The van der Waals surface area contributed by atoms with Crippen molar-refractivity contribution in [2.75, 3.05) is 0 Å². The van der Waals surface area contributed by atoms with Gasteiger partial charge >= 0.3 is 11.9 Å². The molecule has 0 aliphatic carbocycles. The largest absolute Gasteiger partial charge is 0.427 e. The normalized spacial score (nSPS) is 11.6. The molecule has 206 valence electrons. The molecule has 6 nitrogen and oxygen atoms in total. The van der Waals surface area contributed by atoms with E-state index in [1.165, 1.54) is 0 Å². The van der Waals surface area contributed by atoms with Gasteiger partial charge in [-0.05, 0) is 75.6 Å². The molecule has 2 aromatic carbocycles. The first-order valence-corrected chi connectivity index (χ1v) is 13.5. The number of Topliss-reactive ketones (excluding diaryl/α,β-unsaturated/α-hetero) is 2. The molecule has 0 spiro atoms. The molecule has 2 aromatic rings. The van der Waals surface area contributed by atoms with Crippen molar-refractivity contribution in [3.05, 3.63) is 60.7 Å². The van der Waals surface area contributed by atoms with Crippen LogP contribution in [0.25, 0.3) is 0 Å². The highest BCUT2D eigenvalue weighted by Crippen LogP contribution is 2.29. The number of ether oxygens (including phenoxy) is 2. The summed E-state index contributed by atoms with van der Waals surface area (Å²) in [5.74, 6) is 0.724. The van der Waals surface area contributed by atoms with Crippen molar-refractivity contribution in [1.82, 2.24) is 0 Å². The van der Waals surface area contributed by atoms with Gasteiger partial charge in [-0.1, -0.05) is 50.2 Å². The summed E-state index contributed by atoms with van der Waals surface area (Å²) >= 11 is 0. The molecule has 0 N–H and O–H groups in total. The number of hydrogen-bond acceptors (Lipinski definition) is 6. The standard InChI is InChI=1S/C32H42O6/c1-31(2,24-29(35)37-27-18-7-5-8-19-27)22-12-16-25(33)14-11-15-26(34)17-13-23-32(3,4)30(36)38-28-20-9-6-10-21-28/h5-10,18-21H,11-17,22-24H2,1-4H3. The van der Waals surface area contributed by atoms with Crippen LogP contribution in [0.2, 0.25) is 0 Å². The number of carbonyl (C=O) groups excluding carboxylic acids is 4. The van der Waals surface area contributed by atoms with Crippen LogP contribution in [0.5, 0.6) is 11.5 Å². The minimum absolute atomic E-state index is 0.114. The fourth-order valence-electron chi connectivity index (χ4n) is 4.20. The van der Waals surface area contributed by atoms with E-state index < -0.39 is 5.41 Å². The Bertz CT molecular complexity index is 1040. The summed E-state index contributed by atoms with van der Waals surface area (Å²) in [5.41, 5.74) is -0.943. The van der Waals surface area contributed by atoms with Gasteiger partial charge in [0.25, 0.3) is 0 Å². The lowest BCUT2D eigenvalue weighted by atomic mass is 9.83. The molecule has 0 saturated heterocycles. The molecule has 0 aromatic heterocycles. The smallest absolute Gasteiger partial charge is 0.316 e. The van der Waals surface area contributed by atoms with E-state index in [0.717, 1.165) is 6.42 Å². The third-order valence-electron chi connectivity index (χ3n) is 6.58. The van der Waals surface area contributed by atoms with Gasteiger partial charge in [-0.3, -0.25) is 19.2 Å². The van der Waals surface area contributed by atoms with Crippen LogP contribution in [0.15, 0.2) is 60.7 Å². The van der Waals surface area contributed by atoms with Crippen molar-refractivity contribution in [2.45, 2.75) is 91.9 Å². The van der Waals surface area contributed by atoms with Gasteiger partial charge in [0, 0.05) is 25.7 Å². The Hall–Kier alpha value is -3.28. The number of carbonyl (C=O) groups is 4. The fraction of sp³-hybridized carbons (Fsp3) is 0.500. The van der Waals surface area contributed by atoms with Gasteiger partial charge in [0.1, 0.15) is 23.1 Å². The SMILES string of the molecule is CC(C)(CCCC(=O)CCCC(=O)CCCC(C)(C)C(=O)Oc1ccccc1)CC(=O)Oc1ccccc1. The minimum atomic E-state index is -0.682. The average molecular weight is 523 g/mol. The Balaban J connectivity index is 1.57. The average Bonchev–Trinajstić information content (AvgIpc) is 2.84. The van der Waals surface area contributed by atoms with E-state index in [-0.39, 0.29) is 35.3 Å². The Kier molecular flexibility index (Phi) is 12.4.